The Morgan fingerprint density at radius 2 is 1.57 bits per heavy atom. The molecule has 1 saturated heterocycles. The maximum atomic E-state index is 13.1. The number of ether oxygens (including phenoxy) is 3. The van der Waals surface area contributed by atoms with Crippen molar-refractivity contribution in [3.63, 3.8) is 0 Å². The molecule has 0 aliphatic carbocycles. The summed E-state index contributed by atoms with van der Waals surface area (Å²) in [6.45, 7) is 3.82. The molecule has 0 radical (unpaired) electrons. The van der Waals surface area contributed by atoms with Crippen LogP contribution in [0.4, 0.5) is 5.69 Å². The largest absolute Gasteiger partial charge is 0.493 e. The summed E-state index contributed by atoms with van der Waals surface area (Å²) in [5.74, 6) is 1.42. The Kier molecular flexibility index (Phi) is 7.05. The highest BCUT2D eigenvalue weighted by atomic mass is 16.5. The average Bonchev–Trinajstić information content (AvgIpc) is 2.77. The van der Waals surface area contributed by atoms with Gasteiger partial charge in [-0.25, -0.2) is 0 Å². The first-order valence-corrected chi connectivity index (χ1v) is 10.0. The second kappa shape index (κ2) is 9.71. The maximum absolute atomic E-state index is 13.1. The molecule has 2 aromatic rings. The molecule has 7 nitrogen and oxygen atoms in total. The first-order valence-electron chi connectivity index (χ1n) is 10.0. The third-order valence-electron chi connectivity index (χ3n) is 5.25. The van der Waals surface area contributed by atoms with Crippen molar-refractivity contribution >= 4 is 11.6 Å². The number of carbonyl (C=O) groups is 1. The summed E-state index contributed by atoms with van der Waals surface area (Å²) < 4.78 is 16.1. The van der Waals surface area contributed by atoms with E-state index in [2.05, 4.69) is 48.2 Å². The van der Waals surface area contributed by atoms with Crippen LogP contribution in [-0.2, 0) is 6.54 Å². The fourth-order valence-electron chi connectivity index (χ4n) is 3.77. The highest BCUT2D eigenvalue weighted by molar-refractivity contribution is 5.95. The second-order valence-corrected chi connectivity index (χ2v) is 7.60. The molecule has 1 aliphatic rings. The van der Waals surface area contributed by atoms with Gasteiger partial charge in [-0.1, -0.05) is 12.1 Å². The van der Waals surface area contributed by atoms with Gasteiger partial charge >= 0.3 is 0 Å². The van der Waals surface area contributed by atoms with Crippen LogP contribution in [0.2, 0.25) is 0 Å². The quantitative estimate of drug-likeness (QED) is 0.696. The number of piperazine rings is 1. The zero-order valence-electron chi connectivity index (χ0n) is 18.5. The molecule has 0 atom stereocenters. The van der Waals surface area contributed by atoms with Crippen molar-refractivity contribution in [2.75, 3.05) is 66.5 Å². The fraction of sp³-hybridized carbons (Fsp3) is 0.435. The highest BCUT2D eigenvalue weighted by Gasteiger charge is 2.25. The van der Waals surface area contributed by atoms with Crippen LogP contribution in [0.3, 0.4) is 0 Å². The smallest absolute Gasteiger partial charge is 0.254 e. The standard InChI is InChI=1S/C23H31N3O4/c1-24(2)16-17-7-6-8-19(13-17)25-9-11-26(12-10-25)23(27)18-14-20(28-3)22(30-5)21(15-18)29-4/h6-8,13-15H,9-12,16H2,1-5H3. The number of hydrogen-bond acceptors (Lipinski definition) is 6. The number of carbonyl (C=O) groups excluding carboxylic acids is 1. The summed E-state index contributed by atoms with van der Waals surface area (Å²) in [6, 6.07) is 12.0. The van der Waals surface area contributed by atoms with Crippen LogP contribution >= 0.6 is 0 Å². The molecule has 0 spiro atoms. The molecular formula is C23H31N3O4. The molecule has 0 aromatic heterocycles. The Balaban J connectivity index is 1.70. The Labute approximate surface area is 178 Å². The van der Waals surface area contributed by atoms with Gasteiger partial charge in [0, 0.05) is 44.0 Å². The first-order chi connectivity index (χ1) is 14.5. The van der Waals surface area contributed by atoms with E-state index in [1.165, 1.54) is 11.3 Å². The van der Waals surface area contributed by atoms with E-state index in [-0.39, 0.29) is 5.91 Å². The van der Waals surface area contributed by atoms with Gasteiger partial charge in [0.25, 0.3) is 5.91 Å². The van der Waals surface area contributed by atoms with Gasteiger partial charge in [0.15, 0.2) is 11.5 Å². The molecule has 1 amide bonds. The van der Waals surface area contributed by atoms with Gasteiger partial charge < -0.3 is 28.9 Å². The monoisotopic (exact) mass is 413 g/mol. The van der Waals surface area contributed by atoms with Gasteiger partial charge in [-0.15, -0.1) is 0 Å². The predicted molar refractivity (Wildman–Crippen MR) is 118 cm³/mol. The van der Waals surface area contributed by atoms with Crippen molar-refractivity contribution in [3.05, 3.63) is 47.5 Å². The van der Waals surface area contributed by atoms with Crippen molar-refractivity contribution in [1.29, 1.82) is 0 Å². The third-order valence-corrected chi connectivity index (χ3v) is 5.25. The predicted octanol–water partition coefficient (Wildman–Crippen LogP) is 2.74. The lowest BCUT2D eigenvalue weighted by Crippen LogP contribution is -2.48. The van der Waals surface area contributed by atoms with Crippen molar-refractivity contribution in [2.45, 2.75) is 6.54 Å². The van der Waals surface area contributed by atoms with E-state index in [0.29, 0.717) is 35.9 Å². The molecule has 0 bridgehead atoms. The molecule has 1 aliphatic heterocycles. The van der Waals surface area contributed by atoms with E-state index in [1.54, 1.807) is 33.5 Å². The number of methoxy groups -OCH3 is 3. The molecule has 2 aromatic carbocycles. The molecule has 0 N–H and O–H groups in total. The van der Waals surface area contributed by atoms with E-state index < -0.39 is 0 Å². The lowest BCUT2D eigenvalue weighted by molar-refractivity contribution is 0.0746. The van der Waals surface area contributed by atoms with Crippen molar-refractivity contribution in [2.24, 2.45) is 0 Å². The van der Waals surface area contributed by atoms with Crippen molar-refractivity contribution in [3.8, 4) is 17.2 Å². The van der Waals surface area contributed by atoms with E-state index in [4.69, 9.17) is 14.2 Å². The molecule has 1 heterocycles. The summed E-state index contributed by atoms with van der Waals surface area (Å²) >= 11 is 0. The lowest BCUT2D eigenvalue weighted by Gasteiger charge is -2.36. The third kappa shape index (κ3) is 4.79. The first kappa shape index (κ1) is 21.8. The highest BCUT2D eigenvalue weighted by Crippen LogP contribution is 2.38. The molecule has 7 heteroatoms. The summed E-state index contributed by atoms with van der Waals surface area (Å²) in [4.78, 5) is 19.5. The van der Waals surface area contributed by atoms with Crippen LogP contribution in [0.1, 0.15) is 15.9 Å². The zero-order valence-corrected chi connectivity index (χ0v) is 18.5. The van der Waals surface area contributed by atoms with E-state index in [0.717, 1.165) is 19.6 Å². The van der Waals surface area contributed by atoms with Gasteiger partial charge in [-0.3, -0.25) is 4.79 Å². The number of anilines is 1. The number of rotatable bonds is 7. The number of hydrogen-bond donors (Lipinski definition) is 0. The van der Waals surface area contributed by atoms with Gasteiger partial charge in [0.2, 0.25) is 5.75 Å². The Morgan fingerprint density at radius 1 is 0.933 bits per heavy atom. The van der Waals surface area contributed by atoms with Crippen molar-refractivity contribution < 1.29 is 19.0 Å². The van der Waals surface area contributed by atoms with E-state index >= 15 is 0 Å². The van der Waals surface area contributed by atoms with Crippen molar-refractivity contribution in [1.82, 2.24) is 9.80 Å². The number of benzene rings is 2. The molecule has 30 heavy (non-hydrogen) atoms. The maximum Gasteiger partial charge on any atom is 0.254 e. The second-order valence-electron chi connectivity index (χ2n) is 7.60. The fourth-order valence-corrected chi connectivity index (χ4v) is 3.77. The summed E-state index contributed by atoms with van der Waals surface area (Å²) in [5.41, 5.74) is 3.02. The number of nitrogens with zero attached hydrogens (tertiary/aromatic N) is 3. The Hall–Kier alpha value is -2.93. The topological polar surface area (TPSA) is 54.5 Å². The van der Waals surface area contributed by atoms with Gasteiger partial charge in [-0.05, 0) is 43.9 Å². The molecular weight excluding hydrogens is 382 g/mol. The van der Waals surface area contributed by atoms with E-state index in [1.807, 2.05) is 4.90 Å². The minimum atomic E-state index is -0.0322. The summed E-state index contributed by atoms with van der Waals surface area (Å²) in [7, 11) is 8.79. The number of amides is 1. The van der Waals surface area contributed by atoms with Crippen LogP contribution in [0, 0.1) is 0 Å². The van der Waals surface area contributed by atoms with Gasteiger partial charge in [0.1, 0.15) is 0 Å². The summed E-state index contributed by atoms with van der Waals surface area (Å²) in [5, 5.41) is 0. The van der Waals surface area contributed by atoms with Gasteiger partial charge in [-0.2, -0.15) is 0 Å². The van der Waals surface area contributed by atoms with Gasteiger partial charge in [0.05, 0.1) is 21.3 Å². The lowest BCUT2D eigenvalue weighted by atomic mass is 10.1. The van der Waals surface area contributed by atoms with Crippen LogP contribution < -0.4 is 19.1 Å². The SMILES string of the molecule is COc1cc(C(=O)N2CCN(c3cccc(CN(C)C)c3)CC2)cc(OC)c1OC. The van der Waals surface area contributed by atoms with E-state index in [9.17, 15) is 4.79 Å². The molecule has 0 saturated carbocycles. The average molecular weight is 414 g/mol. The Bertz CT molecular complexity index is 851. The van der Waals surface area contributed by atoms with Crippen LogP contribution in [0.5, 0.6) is 17.2 Å². The minimum absolute atomic E-state index is 0.0322. The Morgan fingerprint density at radius 3 is 2.10 bits per heavy atom. The van der Waals surface area contributed by atoms with Crippen LogP contribution in [0.25, 0.3) is 0 Å². The minimum Gasteiger partial charge on any atom is -0.493 e. The normalized spacial score (nSPS) is 14.1. The summed E-state index contributed by atoms with van der Waals surface area (Å²) in [6.07, 6.45) is 0. The van der Waals surface area contributed by atoms with Crippen LogP contribution in [0.15, 0.2) is 36.4 Å². The molecule has 3 rings (SSSR count). The molecule has 0 unspecified atom stereocenters. The molecule has 162 valence electrons. The molecule has 1 fully saturated rings. The zero-order chi connectivity index (χ0) is 21.7. The van der Waals surface area contributed by atoms with Crippen LogP contribution in [-0.4, -0.2) is 77.3 Å².